The van der Waals surface area contributed by atoms with E-state index in [-0.39, 0.29) is 11.9 Å². The maximum atomic E-state index is 12.0. The minimum Gasteiger partial charge on any atom is -0.352 e. The Bertz CT molecular complexity index is 755. The van der Waals surface area contributed by atoms with E-state index in [4.69, 9.17) is 5.73 Å². The molecule has 124 valence electrons. The highest BCUT2D eigenvalue weighted by molar-refractivity contribution is 5.94. The summed E-state index contributed by atoms with van der Waals surface area (Å²) in [7, 11) is 0. The van der Waals surface area contributed by atoms with Gasteiger partial charge in [0.1, 0.15) is 0 Å². The third-order valence-corrected chi connectivity index (χ3v) is 4.31. The van der Waals surface area contributed by atoms with Crippen molar-refractivity contribution < 1.29 is 9.59 Å². The van der Waals surface area contributed by atoms with Crippen molar-refractivity contribution in [2.24, 2.45) is 5.73 Å². The molecule has 0 aliphatic carbocycles. The van der Waals surface area contributed by atoms with Gasteiger partial charge in [-0.3, -0.25) is 4.79 Å². The average molecular weight is 323 g/mol. The second-order valence-electron chi connectivity index (χ2n) is 5.95. The van der Waals surface area contributed by atoms with Crippen LogP contribution in [0.2, 0.25) is 0 Å². The lowest BCUT2D eigenvalue weighted by atomic mass is 9.97. The lowest BCUT2D eigenvalue weighted by Crippen LogP contribution is -2.34. The highest BCUT2D eigenvalue weighted by Crippen LogP contribution is 2.38. The minimum atomic E-state index is -0.444. The van der Waals surface area contributed by atoms with Crippen LogP contribution < -0.4 is 11.1 Å². The number of nitrogens with two attached hydrogens (primary N) is 1. The molecular weight excluding hydrogens is 302 g/mol. The number of hydrogen-bond acceptors (Lipinski definition) is 2. The van der Waals surface area contributed by atoms with Crippen LogP contribution in [0.4, 0.5) is 4.79 Å². The number of carbonyl (C=O) groups is 2. The van der Waals surface area contributed by atoms with Crippen LogP contribution in [0.25, 0.3) is 0 Å². The van der Waals surface area contributed by atoms with Crippen LogP contribution >= 0.6 is 0 Å². The molecule has 3 amide bonds. The van der Waals surface area contributed by atoms with E-state index in [9.17, 15) is 9.59 Å². The van der Waals surface area contributed by atoms with Crippen molar-refractivity contribution in [1.82, 2.24) is 10.2 Å². The molecule has 0 bridgehead atoms. The molecule has 0 aromatic heterocycles. The molecule has 1 atom stereocenters. The van der Waals surface area contributed by atoms with Gasteiger partial charge < -0.3 is 16.0 Å². The largest absolute Gasteiger partial charge is 0.352 e. The van der Waals surface area contributed by atoms with Crippen molar-refractivity contribution in [2.75, 3.05) is 6.54 Å². The Morgan fingerprint density at radius 3 is 2.54 bits per heavy atom. The van der Waals surface area contributed by atoms with Gasteiger partial charge in [0, 0.05) is 18.7 Å². The molecule has 0 spiro atoms. The topological polar surface area (TPSA) is 75.4 Å². The van der Waals surface area contributed by atoms with Crippen molar-refractivity contribution in [1.29, 1.82) is 0 Å². The van der Waals surface area contributed by atoms with Crippen LogP contribution in [-0.2, 0) is 6.54 Å². The number of nitrogens with one attached hydrogen (secondary N) is 1. The van der Waals surface area contributed by atoms with Crippen LogP contribution in [0.1, 0.15) is 46.4 Å². The predicted molar refractivity (Wildman–Crippen MR) is 92.5 cm³/mol. The number of benzene rings is 2. The minimum absolute atomic E-state index is 0.0815. The Kier molecular flexibility index (Phi) is 4.51. The van der Waals surface area contributed by atoms with Crippen LogP contribution in [0.15, 0.2) is 48.5 Å². The van der Waals surface area contributed by atoms with Gasteiger partial charge in [0.25, 0.3) is 5.91 Å². The molecule has 1 aliphatic heterocycles. The highest BCUT2D eigenvalue weighted by atomic mass is 16.2. The molecule has 2 aromatic carbocycles. The first-order valence-corrected chi connectivity index (χ1v) is 8.14. The van der Waals surface area contributed by atoms with E-state index in [1.807, 2.05) is 43.3 Å². The summed E-state index contributed by atoms with van der Waals surface area (Å²) in [6, 6.07) is 14.7. The molecule has 3 N–H and O–H groups in total. The third kappa shape index (κ3) is 2.97. The lowest BCUT2D eigenvalue weighted by molar-refractivity contribution is 0.0953. The van der Waals surface area contributed by atoms with Crippen molar-refractivity contribution >= 4 is 11.9 Å². The normalized spacial score (nSPS) is 15.9. The molecule has 5 heteroatoms. The van der Waals surface area contributed by atoms with Crippen molar-refractivity contribution in [3.05, 3.63) is 70.8 Å². The fourth-order valence-corrected chi connectivity index (χ4v) is 3.11. The van der Waals surface area contributed by atoms with E-state index >= 15 is 0 Å². The zero-order valence-electron chi connectivity index (χ0n) is 13.7. The summed E-state index contributed by atoms with van der Waals surface area (Å²) in [5, 5.41) is 2.86. The quantitative estimate of drug-likeness (QED) is 0.908. The second kappa shape index (κ2) is 6.74. The Hall–Kier alpha value is -2.82. The molecule has 2 aromatic rings. The van der Waals surface area contributed by atoms with E-state index in [0.717, 1.165) is 23.1 Å². The molecule has 3 rings (SSSR count). The molecule has 0 radical (unpaired) electrons. The van der Waals surface area contributed by atoms with E-state index in [2.05, 4.69) is 5.32 Å². The monoisotopic (exact) mass is 323 g/mol. The van der Waals surface area contributed by atoms with Gasteiger partial charge in [-0.05, 0) is 35.2 Å². The summed E-state index contributed by atoms with van der Waals surface area (Å²) in [4.78, 5) is 25.5. The van der Waals surface area contributed by atoms with Gasteiger partial charge in [-0.1, -0.05) is 43.3 Å². The maximum absolute atomic E-state index is 12.0. The Labute approximate surface area is 141 Å². The number of fused-ring (bicyclic) bond motifs is 1. The van der Waals surface area contributed by atoms with Crippen molar-refractivity contribution in [2.45, 2.75) is 25.9 Å². The predicted octanol–water partition coefficient (Wildman–Crippen LogP) is 2.81. The fourth-order valence-electron chi connectivity index (χ4n) is 3.11. The summed E-state index contributed by atoms with van der Waals surface area (Å²) in [6.45, 7) is 3.18. The van der Waals surface area contributed by atoms with Gasteiger partial charge in [0.2, 0.25) is 0 Å². The van der Waals surface area contributed by atoms with Gasteiger partial charge in [0.05, 0.1) is 6.04 Å². The lowest BCUT2D eigenvalue weighted by Gasteiger charge is -2.24. The first kappa shape index (κ1) is 16.1. The summed E-state index contributed by atoms with van der Waals surface area (Å²) in [5.74, 6) is -0.0815. The Morgan fingerprint density at radius 1 is 1.17 bits per heavy atom. The number of carbonyl (C=O) groups excluding carboxylic acids is 2. The summed E-state index contributed by atoms with van der Waals surface area (Å²) >= 11 is 0. The molecule has 24 heavy (non-hydrogen) atoms. The first-order chi connectivity index (χ1) is 11.6. The summed E-state index contributed by atoms with van der Waals surface area (Å²) < 4.78 is 0. The third-order valence-electron chi connectivity index (χ3n) is 4.31. The molecule has 1 aliphatic rings. The number of amides is 3. The van der Waals surface area contributed by atoms with Crippen LogP contribution in [0.3, 0.4) is 0 Å². The number of urea groups is 1. The van der Waals surface area contributed by atoms with Crippen molar-refractivity contribution in [3.8, 4) is 0 Å². The molecule has 1 unspecified atom stereocenters. The van der Waals surface area contributed by atoms with E-state index < -0.39 is 6.03 Å². The van der Waals surface area contributed by atoms with Crippen LogP contribution in [-0.4, -0.2) is 23.4 Å². The van der Waals surface area contributed by atoms with Gasteiger partial charge in [-0.25, -0.2) is 4.79 Å². The van der Waals surface area contributed by atoms with Gasteiger partial charge in [-0.15, -0.1) is 0 Å². The number of nitrogens with zero attached hydrogens (tertiary/aromatic N) is 1. The smallest absolute Gasteiger partial charge is 0.315 e. The standard InChI is InChI=1S/C19H21N3O2/c1-2-11-21-18(23)14-9-7-13(8-10-14)17-16-6-4-3-5-15(16)12-22(17)19(20)24/h3-10,17H,2,11-12H2,1H3,(H2,20,24)(H,21,23). The van der Waals surface area contributed by atoms with Gasteiger partial charge >= 0.3 is 6.03 Å². The average Bonchev–Trinajstić information content (AvgIpc) is 2.99. The number of hydrogen-bond donors (Lipinski definition) is 2. The summed E-state index contributed by atoms with van der Waals surface area (Å²) in [6.07, 6.45) is 0.899. The maximum Gasteiger partial charge on any atom is 0.315 e. The van der Waals surface area contributed by atoms with E-state index in [1.54, 1.807) is 17.0 Å². The fraction of sp³-hybridized carbons (Fsp3) is 0.263. The first-order valence-electron chi connectivity index (χ1n) is 8.14. The SMILES string of the molecule is CCCNC(=O)c1ccc(C2c3ccccc3CN2C(N)=O)cc1. The molecule has 1 heterocycles. The molecule has 0 saturated carbocycles. The zero-order chi connectivity index (χ0) is 17.1. The Balaban J connectivity index is 1.89. The molecule has 0 saturated heterocycles. The molecular formula is C19H21N3O2. The Morgan fingerprint density at radius 2 is 1.88 bits per heavy atom. The molecule has 0 fully saturated rings. The second-order valence-corrected chi connectivity index (χ2v) is 5.95. The van der Waals surface area contributed by atoms with Crippen LogP contribution in [0, 0.1) is 0 Å². The highest BCUT2D eigenvalue weighted by Gasteiger charge is 2.33. The van der Waals surface area contributed by atoms with Gasteiger partial charge in [0.15, 0.2) is 0 Å². The van der Waals surface area contributed by atoms with E-state index in [1.165, 1.54) is 0 Å². The number of rotatable bonds is 4. The summed E-state index contributed by atoms with van der Waals surface area (Å²) in [5.41, 5.74) is 9.31. The number of primary amides is 1. The van der Waals surface area contributed by atoms with Crippen molar-refractivity contribution in [3.63, 3.8) is 0 Å². The molecule has 5 nitrogen and oxygen atoms in total. The van der Waals surface area contributed by atoms with Crippen LogP contribution in [0.5, 0.6) is 0 Å². The van der Waals surface area contributed by atoms with Gasteiger partial charge in [-0.2, -0.15) is 0 Å². The zero-order valence-corrected chi connectivity index (χ0v) is 13.7. The van der Waals surface area contributed by atoms with E-state index in [0.29, 0.717) is 18.7 Å².